The molecule has 16 nitrogen and oxygen atoms in total. The summed E-state index contributed by atoms with van der Waals surface area (Å²) in [7, 11) is 1.81. The zero-order chi connectivity index (χ0) is 49.3. The summed E-state index contributed by atoms with van der Waals surface area (Å²) in [4.78, 5) is 77.3. The van der Waals surface area contributed by atoms with Crippen LogP contribution in [-0.2, 0) is 34.4 Å². The van der Waals surface area contributed by atoms with Gasteiger partial charge in [0.15, 0.2) is 10.8 Å². The molecule has 0 saturated carbocycles. The monoisotopic (exact) mass is 973 g/mol. The first-order chi connectivity index (χ1) is 34.3. The minimum absolute atomic E-state index is 0.0427. The molecule has 0 aliphatic carbocycles. The lowest BCUT2D eigenvalue weighted by molar-refractivity contribution is -0.134. The highest BCUT2D eigenvalue weighted by Crippen LogP contribution is 2.35. The van der Waals surface area contributed by atoms with Crippen LogP contribution in [0.15, 0.2) is 91.0 Å². The van der Waals surface area contributed by atoms with E-state index in [9.17, 15) is 29.1 Å². The number of thiazole rings is 1. The Kier molecular flexibility index (Phi) is 13.3. The molecule has 71 heavy (non-hydrogen) atoms. The number of ether oxygens (including phenoxy) is 1. The van der Waals surface area contributed by atoms with Gasteiger partial charge in [-0.25, -0.2) is 14.8 Å². The molecule has 7 aromatic rings. The second-order valence-electron chi connectivity index (χ2n) is 18.9. The number of carbonyl (C=O) groups excluding carboxylic acids is 4. The van der Waals surface area contributed by atoms with Gasteiger partial charge in [-0.15, -0.1) is 0 Å². The molecule has 4 amide bonds. The lowest BCUT2D eigenvalue weighted by atomic mass is 9.88. The molecule has 3 atom stereocenters. The van der Waals surface area contributed by atoms with Crippen molar-refractivity contribution in [2.45, 2.75) is 77.3 Å². The maximum absolute atomic E-state index is 13.6. The molecule has 0 radical (unpaired) electrons. The zero-order valence-corrected chi connectivity index (χ0v) is 40.7. The molecule has 0 bridgehead atoms. The number of pyridine rings is 1. The van der Waals surface area contributed by atoms with Gasteiger partial charge in [0.1, 0.15) is 11.6 Å². The highest BCUT2D eigenvalue weighted by molar-refractivity contribution is 7.22. The van der Waals surface area contributed by atoms with Crippen LogP contribution in [-0.4, -0.2) is 91.6 Å². The van der Waals surface area contributed by atoms with Crippen LogP contribution < -0.4 is 25.6 Å². The van der Waals surface area contributed by atoms with E-state index in [1.807, 2.05) is 110 Å². The number of hydrogen-bond donors (Lipinski definition) is 4. The summed E-state index contributed by atoms with van der Waals surface area (Å²) in [6, 6.07) is 28.7. The maximum Gasteiger partial charge on any atom is 0.355 e. The number of piperidine rings is 2. The number of likely N-dealkylation sites (tertiary alicyclic amines) is 1. The second kappa shape index (κ2) is 20.1. The number of fused-ring (bicyclic) bond motifs is 3. The molecular formula is C54H55N9O7S. The van der Waals surface area contributed by atoms with E-state index in [-0.39, 0.29) is 48.3 Å². The first-order valence-electron chi connectivity index (χ1n) is 24.2. The predicted molar refractivity (Wildman–Crippen MR) is 273 cm³/mol. The largest absolute Gasteiger partial charge is 0.494 e. The lowest BCUT2D eigenvalue weighted by Gasteiger charge is -2.37. The fraction of sp³-hybridized carbons (Fsp3) is 0.333. The minimum atomic E-state index is -1.12. The average Bonchev–Trinajstić information content (AvgIpc) is 3.92. The molecule has 2 fully saturated rings. The van der Waals surface area contributed by atoms with Crippen molar-refractivity contribution in [1.82, 2.24) is 30.0 Å². The number of aromatic carboxylic acids is 1. The van der Waals surface area contributed by atoms with Crippen molar-refractivity contribution in [3.8, 4) is 16.9 Å². The molecule has 4 N–H and O–H groups in total. The van der Waals surface area contributed by atoms with Crippen LogP contribution >= 0.6 is 11.3 Å². The number of benzene rings is 4. The Morgan fingerprint density at radius 1 is 0.915 bits per heavy atom. The summed E-state index contributed by atoms with van der Waals surface area (Å²) >= 11 is 1.43. The van der Waals surface area contributed by atoms with Gasteiger partial charge in [0.05, 0.1) is 40.5 Å². The molecule has 10 rings (SSSR count). The Balaban J connectivity index is 0.701. The van der Waals surface area contributed by atoms with E-state index in [2.05, 4.69) is 37.9 Å². The molecular weight excluding hydrogens is 919 g/mol. The van der Waals surface area contributed by atoms with Crippen LogP contribution in [0, 0.1) is 12.8 Å². The Bertz CT molecular complexity index is 3210. The highest BCUT2D eigenvalue weighted by atomic mass is 32.1. The standard InChI is InChI=1S/C54H55N9O7S/c1-31-26-36(70-25-7-8-33-21-23-62(32(2)27-33)30-48(65)55-35-13-15-40-44(28-35)61(3)60-49(40)41-18-20-47(64)58-52(41)67)14-16-37(31)38-17-19-46(57-50(38)53(68)69)63-24-22-34-9-6-10-39(42(34)29-63)51(66)59-54-56-43-11-4-5-12-45(43)71-54/h4-6,9-17,19,26,28,32-33,41H,7-8,18,20-25,27,29-30H2,1-3H3,(H,55,65)(H,68,69)(H,56,59,66)(H,58,64,67)/t32-,33+,41?/m0/s1. The Hall–Kier alpha value is -7.50. The summed E-state index contributed by atoms with van der Waals surface area (Å²) in [6.07, 6.45) is 5.23. The Morgan fingerprint density at radius 3 is 2.56 bits per heavy atom. The van der Waals surface area contributed by atoms with Crippen LogP contribution in [0.4, 0.5) is 16.6 Å². The van der Waals surface area contributed by atoms with Gasteiger partial charge in [0.2, 0.25) is 17.7 Å². The van der Waals surface area contributed by atoms with Gasteiger partial charge in [-0.2, -0.15) is 5.10 Å². The number of amides is 4. The van der Waals surface area contributed by atoms with Crippen LogP contribution in [0.3, 0.4) is 0 Å². The normalized spacial score (nSPS) is 18.3. The number of carboxylic acids is 1. The minimum Gasteiger partial charge on any atom is -0.494 e. The quantitative estimate of drug-likeness (QED) is 0.0599. The van der Waals surface area contributed by atoms with E-state index in [0.29, 0.717) is 77.7 Å². The third kappa shape index (κ3) is 10.1. The summed E-state index contributed by atoms with van der Waals surface area (Å²) in [6.45, 7) is 6.80. The third-order valence-corrected chi connectivity index (χ3v) is 15.1. The van der Waals surface area contributed by atoms with Crippen LogP contribution in [0.1, 0.15) is 94.6 Å². The van der Waals surface area contributed by atoms with E-state index in [0.717, 1.165) is 75.6 Å². The number of anilines is 3. The number of nitrogens with zero attached hydrogens (tertiary/aromatic N) is 6. The number of hydrogen-bond acceptors (Lipinski definition) is 12. The van der Waals surface area contributed by atoms with Gasteiger partial charge < -0.3 is 20.1 Å². The third-order valence-electron chi connectivity index (χ3n) is 14.2. The fourth-order valence-electron chi connectivity index (χ4n) is 10.4. The smallest absolute Gasteiger partial charge is 0.355 e. The molecule has 1 unspecified atom stereocenters. The van der Waals surface area contributed by atoms with Gasteiger partial charge >= 0.3 is 5.97 Å². The Labute approximate surface area is 414 Å². The number of carbonyl (C=O) groups is 5. The van der Waals surface area contributed by atoms with Crippen molar-refractivity contribution in [2.75, 3.05) is 41.8 Å². The van der Waals surface area contributed by atoms with Gasteiger partial charge in [0.25, 0.3) is 5.91 Å². The van der Waals surface area contributed by atoms with Gasteiger partial charge in [-0.3, -0.25) is 39.4 Å². The second-order valence-corrected chi connectivity index (χ2v) is 19.9. The number of imide groups is 1. The summed E-state index contributed by atoms with van der Waals surface area (Å²) in [5.41, 5.74) is 7.54. The molecule has 3 aliphatic heterocycles. The van der Waals surface area contributed by atoms with Gasteiger partial charge in [0, 0.05) is 54.8 Å². The van der Waals surface area contributed by atoms with Crippen molar-refractivity contribution in [3.63, 3.8) is 0 Å². The predicted octanol–water partition coefficient (Wildman–Crippen LogP) is 8.49. The molecule has 17 heteroatoms. The maximum atomic E-state index is 13.6. The SMILES string of the molecule is Cc1cc(OCCC[C@@H]2CCN(CC(=O)Nc3ccc4c(C5CCC(=O)NC5=O)nn(C)c4c3)[C@@H](C)C2)ccc1-c1ccc(N2CCc3cccc(C(=O)Nc4nc5ccccc5s4)c3C2)nc1C(=O)O. The summed E-state index contributed by atoms with van der Waals surface area (Å²) < 4.78 is 8.91. The van der Waals surface area contributed by atoms with Crippen molar-refractivity contribution >= 4 is 78.7 Å². The van der Waals surface area contributed by atoms with Crippen LogP contribution in [0.5, 0.6) is 5.75 Å². The molecule has 3 aliphatic rings. The van der Waals surface area contributed by atoms with E-state index in [1.165, 1.54) is 11.3 Å². The number of aromatic nitrogens is 4. The zero-order valence-electron chi connectivity index (χ0n) is 39.9. The number of aryl methyl sites for hydroxylation is 2. The van der Waals surface area contributed by atoms with E-state index < -0.39 is 11.9 Å². The highest BCUT2D eigenvalue weighted by Gasteiger charge is 2.32. The summed E-state index contributed by atoms with van der Waals surface area (Å²) in [5.74, 6) is -0.775. The molecule has 3 aromatic heterocycles. The molecule has 6 heterocycles. The Morgan fingerprint density at radius 2 is 1.76 bits per heavy atom. The van der Waals surface area contributed by atoms with Crippen molar-refractivity contribution < 1.29 is 33.8 Å². The van der Waals surface area contributed by atoms with E-state index in [4.69, 9.17) is 9.72 Å². The van der Waals surface area contributed by atoms with Crippen LogP contribution in [0.2, 0.25) is 0 Å². The van der Waals surface area contributed by atoms with Gasteiger partial charge in [-0.1, -0.05) is 41.7 Å². The van der Waals surface area contributed by atoms with Crippen molar-refractivity contribution in [1.29, 1.82) is 0 Å². The van der Waals surface area contributed by atoms with Crippen LogP contribution in [0.25, 0.3) is 32.2 Å². The van der Waals surface area contributed by atoms with E-state index in [1.54, 1.807) is 4.68 Å². The number of nitrogens with one attached hydrogen (secondary N) is 3. The number of rotatable bonds is 14. The number of para-hydroxylation sites is 1. The molecule has 4 aromatic carbocycles. The van der Waals surface area contributed by atoms with Crippen molar-refractivity contribution in [3.05, 3.63) is 125 Å². The first-order valence-corrected chi connectivity index (χ1v) is 25.0. The number of carboxylic acid groups (broad SMARTS) is 1. The van der Waals surface area contributed by atoms with Gasteiger partial charge in [-0.05, 0) is 148 Å². The average molecular weight is 974 g/mol. The van der Waals surface area contributed by atoms with Crippen molar-refractivity contribution in [2.24, 2.45) is 13.0 Å². The fourth-order valence-corrected chi connectivity index (χ4v) is 11.3. The molecule has 2 saturated heterocycles. The summed E-state index contributed by atoms with van der Waals surface area (Å²) in [5, 5.41) is 24.8. The molecule has 364 valence electrons. The molecule has 0 spiro atoms. The topological polar surface area (TPSA) is 201 Å². The van der Waals surface area contributed by atoms with E-state index >= 15 is 0 Å². The lowest BCUT2D eigenvalue weighted by Crippen LogP contribution is -2.44. The first kappa shape index (κ1) is 47.2.